The Balaban J connectivity index is 0.000000247. The molecule has 1 amide bonds. The van der Waals surface area contributed by atoms with E-state index in [9.17, 15) is 4.79 Å². The van der Waals surface area contributed by atoms with Crippen LogP contribution in [-0.2, 0) is 4.79 Å². The first-order chi connectivity index (χ1) is 5.56. The van der Waals surface area contributed by atoms with Crippen LogP contribution < -0.4 is 16.8 Å². The summed E-state index contributed by atoms with van der Waals surface area (Å²) in [4.78, 5) is 10.2. The second-order valence-corrected chi connectivity index (χ2v) is 3.20. The van der Waals surface area contributed by atoms with E-state index in [-0.39, 0.29) is 11.9 Å². The van der Waals surface area contributed by atoms with Crippen molar-refractivity contribution >= 4 is 5.91 Å². The third-order valence-electron chi connectivity index (χ3n) is 1.62. The smallest absolute Gasteiger partial charge is 0.218 e. The first-order valence-electron chi connectivity index (χ1n) is 4.27. The maximum absolute atomic E-state index is 10.2. The van der Waals surface area contributed by atoms with Crippen LogP contribution in [0.4, 0.5) is 0 Å². The van der Waals surface area contributed by atoms with Crippen molar-refractivity contribution in [1.82, 2.24) is 5.32 Å². The van der Waals surface area contributed by atoms with Crippen molar-refractivity contribution in [3.05, 3.63) is 0 Å². The van der Waals surface area contributed by atoms with E-state index in [4.69, 9.17) is 11.5 Å². The monoisotopic (exact) mass is 173 g/mol. The minimum atomic E-state index is -0.258. The minimum absolute atomic E-state index is 0.201. The number of carbonyl (C=O) groups is 1. The summed E-state index contributed by atoms with van der Waals surface area (Å²) >= 11 is 0. The molecule has 4 nitrogen and oxygen atoms in total. The van der Waals surface area contributed by atoms with Crippen LogP contribution in [-0.4, -0.2) is 25.0 Å². The normalized spacial score (nSPS) is 17.6. The van der Waals surface area contributed by atoms with Crippen molar-refractivity contribution in [2.24, 2.45) is 11.5 Å². The van der Waals surface area contributed by atoms with Crippen LogP contribution in [0.15, 0.2) is 0 Å². The standard InChI is InChI=1S/C5H12N2O.C3H7N/c1-4(7-2)3-5(6)8;4-3-1-2-3/h4,7H,3H2,1-2H3,(H2,6,8);3H,1-2,4H2. The summed E-state index contributed by atoms with van der Waals surface area (Å²) in [5.74, 6) is -0.258. The van der Waals surface area contributed by atoms with Crippen molar-refractivity contribution in [2.75, 3.05) is 7.05 Å². The Bertz CT molecular complexity index is 134. The highest BCUT2D eigenvalue weighted by Crippen LogP contribution is 2.13. The second-order valence-electron chi connectivity index (χ2n) is 3.20. The molecule has 1 fully saturated rings. The number of hydrogen-bond donors (Lipinski definition) is 3. The molecule has 0 saturated heterocycles. The zero-order valence-electron chi connectivity index (χ0n) is 7.84. The van der Waals surface area contributed by atoms with Crippen molar-refractivity contribution in [1.29, 1.82) is 0 Å². The summed E-state index contributed by atoms with van der Waals surface area (Å²) < 4.78 is 0. The molecule has 1 saturated carbocycles. The highest BCUT2D eigenvalue weighted by atomic mass is 16.1. The molecule has 0 aromatic rings. The predicted molar refractivity (Wildman–Crippen MR) is 49.5 cm³/mol. The van der Waals surface area contributed by atoms with Crippen LogP contribution in [0.25, 0.3) is 0 Å². The molecule has 1 rings (SSSR count). The third kappa shape index (κ3) is 9.39. The molecule has 1 aliphatic carbocycles. The van der Waals surface area contributed by atoms with E-state index < -0.39 is 0 Å². The summed E-state index contributed by atoms with van der Waals surface area (Å²) in [6, 6.07) is 0.785. The van der Waals surface area contributed by atoms with Crippen LogP contribution in [0, 0.1) is 0 Å². The lowest BCUT2D eigenvalue weighted by Gasteiger charge is -2.04. The Morgan fingerprint density at radius 1 is 1.67 bits per heavy atom. The summed E-state index contributed by atoms with van der Waals surface area (Å²) in [6.07, 6.45) is 2.94. The van der Waals surface area contributed by atoms with Crippen molar-refractivity contribution in [3.63, 3.8) is 0 Å². The predicted octanol–water partition coefficient (Wildman–Crippen LogP) is -0.423. The topological polar surface area (TPSA) is 81.1 Å². The lowest BCUT2D eigenvalue weighted by Crippen LogP contribution is -2.27. The molecular weight excluding hydrogens is 154 g/mol. The molecule has 0 heterocycles. The molecule has 1 aliphatic rings. The largest absolute Gasteiger partial charge is 0.370 e. The van der Waals surface area contributed by atoms with Gasteiger partial charge in [0.25, 0.3) is 0 Å². The first kappa shape index (κ1) is 11.4. The van der Waals surface area contributed by atoms with Gasteiger partial charge < -0.3 is 16.8 Å². The van der Waals surface area contributed by atoms with Gasteiger partial charge in [-0.25, -0.2) is 0 Å². The molecule has 0 aromatic carbocycles. The van der Waals surface area contributed by atoms with E-state index in [0.29, 0.717) is 12.5 Å². The molecule has 1 unspecified atom stereocenters. The minimum Gasteiger partial charge on any atom is -0.370 e. The van der Waals surface area contributed by atoms with Crippen LogP contribution in [0.5, 0.6) is 0 Å². The molecular formula is C8H19N3O. The molecule has 72 valence electrons. The average Bonchev–Trinajstić information content (AvgIpc) is 2.71. The molecule has 0 bridgehead atoms. The van der Waals surface area contributed by atoms with Gasteiger partial charge in [0, 0.05) is 18.5 Å². The Labute approximate surface area is 73.7 Å². The number of hydrogen-bond acceptors (Lipinski definition) is 3. The summed E-state index contributed by atoms with van der Waals surface area (Å²) in [5, 5.41) is 2.90. The Morgan fingerprint density at radius 2 is 2.08 bits per heavy atom. The van der Waals surface area contributed by atoms with E-state index >= 15 is 0 Å². The molecule has 5 N–H and O–H groups in total. The lowest BCUT2D eigenvalue weighted by atomic mass is 10.2. The van der Waals surface area contributed by atoms with Crippen molar-refractivity contribution in [3.8, 4) is 0 Å². The zero-order chi connectivity index (χ0) is 9.56. The molecule has 12 heavy (non-hydrogen) atoms. The van der Waals surface area contributed by atoms with Crippen LogP contribution >= 0.6 is 0 Å². The molecule has 4 heteroatoms. The summed E-state index contributed by atoms with van der Waals surface area (Å²) in [7, 11) is 1.80. The van der Waals surface area contributed by atoms with E-state index in [1.807, 2.05) is 6.92 Å². The quantitative estimate of drug-likeness (QED) is 0.542. The number of amides is 1. The van der Waals surface area contributed by atoms with Gasteiger partial charge in [0.1, 0.15) is 0 Å². The fourth-order valence-corrected chi connectivity index (χ4v) is 0.500. The third-order valence-corrected chi connectivity index (χ3v) is 1.62. The Hall–Kier alpha value is -0.610. The molecule has 0 spiro atoms. The van der Waals surface area contributed by atoms with Crippen LogP contribution in [0.1, 0.15) is 26.2 Å². The van der Waals surface area contributed by atoms with Gasteiger partial charge in [-0.05, 0) is 26.8 Å². The van der Waals surface area contributed by atoms with Gasteiger partial charge in [0.15, 0.2) is 0 Å². The summed E-state index contributed by atoms with van der Waals surface area (Å²) in [5.41, 5.74) is 10.1. The van der Waals surface area contributed by atoms with Gasteiger partial charge in [0.05, 0.1) is 0 Å². The van der Waals surface area contributed by atoms with E-state index in [1.165, 1.54) is 12.8 Å². The zero-order valence-corrected chi connectivity index (χ0v) is 7.84. The van der Waals surface area contributed by atoms with Crippen molar-refractivity contribution < 1.29 is 4.79 Å². The molecule has 1 atom stereocenters. The average molecular weight is 173 g/mol. The Morgan fingerprint density at radius 3 is 2.17 bits per heavy atom. The number of rotatable bonds is 3. The number of carbonyl (C=O) groups excluding carboxylic acids is 1. The van der Waals surface area contributed by atoms with E-state index in [1.54, 1.807) is 7.05 Å². The first-order valence-corrected chi connectivity index (χ1v) is 4.27. The number of primary amides is 1. The maximum Gasteiger partial charge on any atom is 0.218 e. The lowest BCUT2D eigenvalue weighted by molar-refractivity contribution is -0.118. The summed E-state index contributed by atoms with van der Waals surface area (Å²) in [6.45, 7) is 1.91. The van der Waals surface area contributed by atoms with Crippen LogP contribution in [0.2, 0.25) is 0 Å². The fourth-order valence-electron chi connectivity index (χ4n) is 0.500. The van der Waals surface area contributed by atoms with E-state index in [2.05, 4.69) is 5.32 Å². The van der Waals surface area contributed by atoms with E-state index in [0.717, 1.165) is 0 Å². The maximum atomic E-state index is 10.2. The second kappa shape index (κ2) is 5.97. The van der Waals surface area contributed by atoms with Gasteiger partial charge in [-0.1, -0.05) is 0 Å². The highest BCUT2D eigenvalue weighted by Gasteiger charge is 2.13. The van der Waals surface area contributed by atoms with Gasteiger partial charge in [-0.2, -0.15) is 0 Å². The molecule has 0 aromatic heterocycles. The van der Waals surface area contributed by atoms with Gasteiger partial charge in [-0.3, -0.25) is 4.79 Å². The fraction of sp³-hybridized carbons (Fsp3) is 0.875. The van der Waals surface area contributed by atoms with Crippen molar-refractivity contribution in [2.45, 2.75) is 38.3 Å². The number of nitrogens with two attached hydrogens (primary N) is 2. The Kier molecular flexibility index (Phi) is 5.66. The van der Waals surface area contributed by atoms with Gasteiger partial charge >= 0.3 is 0 Å². The molecule has 0 radical (unpaired) electrons. The highest BCUT2D eigenvalue weighted by molar-refractivity contribution is 5.74. The van der Waals surface area contributed by atoms with Gasteiger partial charge in [0.2, 0.25) is 5.91 Å². The van der Waals surface area contributed by atoms with Gasteiger partial charge in [-0.15, -0.1) is 0 Å². The van der Waals surface area contributed by atoms with Crippen LogP contribution in [0.3, 0.4) is 0 Å². The molecule has 0 aliphatic heterocycles. The number of nitrogens with one attached hydrogen (secondary N) is 1. The SMILES string of the molecule is CNC(C)CC(N)=O.NC1CC1.